The van der Waals surface area contributed by atoms with Gasteiger partial charge in [-0.3, -0.25) is 0 Å². The summed E-state index contributed by atoms with van der Waals surface area (Å²) in [4.78, 5) is 18.5. The molecule has 0 saturated heterocycles. The van der Waals surface area contributed by atoms with E-state index in [0.717, 1.165) is 41.4 Å². The number of aryl methyl sites for hydroxylation is 2. The molecule has 2 heterocycles. The molecule has 0 radical (unpaired) electrons. The van der Waals surface area contributed by atoms with Gasteiger partial charge in [-0.15, -0.1) is 0 Å². The standard InChI is InChI=1S/C15H18N2O5/c1-7-12-11(13(21-3)14(16-7)22-15(18)19)10-8(17-12)5-4-6-9(10)20-2/h9,17H,4-6H2,1-3H3,(H,18,19). The van der Waals surface area contributed by atoms with E-state index in [0.29, 0.717) is 11.4 Å². The number of aromatic amines is 1. The first-order valence-electron chi connectivity index (χ1n) is 7.09. The van der Waals surface area contributed by atoms with Gasteiger partial charge in [-0.05, 0) is 26.2 Å². The largest absolute Gasteiger partial charge is 0.512 e. The number of rotatable bonds is 3. The monoisotopic (exact) mass is 306 g/mol. The van der Waals surface area contributed by atoms with E-state index in [1.54, 1.807) is 14.0 Å². The van der Waals surface area contributed by atoms with Gasteiger partial charge in [-0.25, -0.2) is 9.78 Å². The second kappa shape index (κ2) is 5.49. The number of hydrogen-bond donors (Lipinski definition) is 2. The van der Waals surface area contributed by atoms with Crippen LogP contribution in [0.3, 0.4) is 0 Å². The van der Waals surface area contributed by atoms with Crippen molar-refractivity contribution in [2.45, 2.75) is 32.3 Å². The molecule has 2 aromatic rings. The minimum absolute atomic E-state index is 0.0396. The zero-order chi connectivity index (χ0) is 15.9. The van der Waals surface area contributed by atoms with E-state index < -0.39 is 6.16 Å². The van der Waals surface area contributed by atoms with Gasteiger partial charge in [0.2, 0.25) is 0 Å². The maximum atomic E-state index is 10.9. The van der Waals surface area contributed by atoms with Crippen LogP contribution in [-0.4, -0.2) is 35.4 Å². The Balaban J connectivity index is 2.32. The van der Waals surface area contributed by atoms with Gasteiger partial charge in [0, 0.05) is 18.4 Å². The molecule has 1 aliphatic rings. The molecule has 7 nitrogen and oxygen atoms in total. The van der Waals surface area contributed by atoms with Gasteiger partial charge in [-0.1, -0.05) is 0 Å². The van der Waals surface area contributed by atoms with Crippen LogP contribution in [0, 0.1) is 6.92 Å². The fourth-order valence-corrected chi connectivity index (χ4v) is 3.18. The number of methoxy groups -OCH3 is 2. The molecule has 22 heavy (non-hydrogen) atoms. The topological polar surface area (TPSA) is 93.7 Å². The number of nitrogens with zero attached hydrogens (tertiary/aromatic N) is 1. The van der Waals surface area contributed by atoms with Crippen LogP contribution in [0.25, 0.3) is 10.9 Å². The third-order valence-corrected chi connectivity index (χ3v) is 4.06. The molecule has 2 aromatic heterocycles. The summed E-state index contributed by atoms with van der Waals surface area (Å²) in [5, 5.41) is 9.69. The van der Waals surface area contributed by atoms with Gasteiger partial charge >= 0.3 is 6.16 Å². The number of hydrogen-bond acceptors (Lipinski definition) is 5. The Kier molecular flexibility index (Phi) is 3.66. The van der Waals surface area contributed by atoms with Crippen LogP contribution in [0.5, 0.6) is 11.6 Å². The number of carboxylic acid groups (broad SMARTS) is 1. The Morgan fingerprint density at radius 1 is 1.41 bits per heavy atom. The van der Waals surface area contributed by atoms with Crippen molar-refractivity contribution in [1.82, 2.24) is 9.97 Å². The molecule has 0 spiro atoms. The lowest BCUT2D eigenvalue weighted by atomic mass is 9.92. The van der Waals surface area contributed by atoms with E-state index in [1.165, 1.54) is 7.11 Å². The summed E-state index contributed by atoms with van der Waals surface area (Å²) in [6.07, 6.45) is 1.40. The Morgan fingerprint density at radius 3 is 2.82 bits per heavy atom. The molecule has 0 saturated carbocycles. The molecule has 0 fully saturated rings. The molecule has 0 aromatic carbocycles. The zero-order valence-electron chi connectivity index (χ0n) is 12.7. The summed E-state index contributed by atoms with van der Waals surface area (Å²) >= 11 is 0. The van der Waals surface area contributed by atoms with Crippen molar-refractivity contribution in [2.75, 3.05) is 14.2 Å². The molecule has 0 aliphatic heterocycles. The van der Waals surface area contributed by atoms with Gasteiger partial charge < -0.3 is 24.3 Å². The summed E-state index contributed by atoms with van der Waals surface area (Å²) in [6.45, 7) is 1.81. The van der Waals surface area contributed by atoms with E-state index in [9.17, 15) is 4.79 Å². The van der Waals surface area contributed by atoms with E-state index in [-0.39, 0.29) is 12.0 Å². The number of aromatic nitrogens is 2. The molecular weight excluding hydrogens is 288 g/mol. The number of pyridine rings is 1. The number of ether oxygens (including phenoxy) is 3. The Morgan fingerprint density at radius 2 is 2.18 bits per heavy atom. The van der Waals surface area contributed by atoms with Crippen molar-refractivity contribution in [3.05, 3.63) is 17.0 Å². The number of H-pyrrole nitrogens is 1. The third kappa shape index (κ3) is 2.18. The van der Waals surface area contributed by atoms with E-state index >= 15 is 0 Å². The first kappa shape index (κ1) is 14.6. The minimum atomic E-state index is -1.42. The first-order valence-corrected chi connectivity index (χ1v) is 7.09. The maximum Gasteiger partial charge on any atom is 0.512 e. The van der Waals surface area contributed by atoms with Crippen LogP contribution in [0.15, 0.2) is 0 Å². The van der Waals surface area contributed by atoms with Crippen LogP contribution in [0.2, 0.25) is 0 Å². The molecule has 1 aliphatic carbocycles. The van der Waals surface area contributed by atoms with Crippen molar-refractivity contribution in [3.63, 3.8) is 0 Å². The SMILES string of the molecule is COc1c(OC(=O)O)nc(C)c2[nH]c3c(c12)C(OC)CCC3. The molecule has 0 bridgehead atoms. The van der Waals surface area contributed by atoms with E-state index in [2.05, 4.69) is 9.97 Å². The molecule has 118 valence electrons. The average Bonchev–Trinajstić information content (AvgIpc) is 2.87. The van der Waals surface area contributed by atoms with Crippen LogP contribution >= 0.6 is 0 Å². The average molecular weight is 306 g/mol. The molecule has 1 unspecified atom stereocenters. The van der Waals surface area contributed by atoms with Crippen molar-refractivity contribution < 1.29 is 24.1 Å². The predicted octanol–water partition coefficient (Wildman–Crippen LogP) is 2.96. The lowest BCUT2D eigenvalue weighted by Gasteiger charge is -2.22. The van der Waals surface area contributed by atoms with Crippen LogP contribution in [0.4, 0.5) is 4.79 Å². The molecule has 3 rings (SSSR count). The highest BCUT2D eigenvalue weighted by Gasteiger charge is 2.29. The minimum Gasteiger partial charge on any atom is -0.491 e. The summed E-state index contributed by atoms with van der Waals surface area (Å²) < 4.78 is 15.8. The predicted molar refractivity (Wildman–Crippen MR) is 78.7 cm³/mol. The smallest absolute Gasteiger partial charge is 0.491 e. The summed E-state index contributed by atoms with van der Waals surface area (Å²) in [5.41, 5.74) is 3.60. The fraction of sp³-hybridized carbons (Fsp3) is 0.467. The summed E-state index contributed by atoms with van der Waals surface area (Å²) in [5.74, 6) is 0.284. The van der Waals surface area contributed by atoms with Crippen molar-refractivity contribution in [1.29, 1.82) is 0 Å². The van der Waals surface area contributed by atoms with E-state index in [1.807, 2.05) is 0 Å². The molecular formula is C15H18N2O5. The fourth-order valence-electron chi connectivity index (χ4n) is 3.18. The summed E-state index contributed by atoms with van der Waals surface area (Å²) in [6, 6.07) is 0. The van der Waals surface area contributed by atoms with Gasteiger partial charge in [0.1, 0.15) is 0 Å². The van der Waals surface area contributed by atoms with Crippen LogP contribution in [0.1, 0.15) is 35.9 Å². The Bertz CT molecular complexity index is 737. The maximum absolute atomic E-state index is 10.9. The Hall–Kier alpha value is -2.28. The van der Waals surface area contributed by atoms with Gasteiger partial charge in [0.25, 0.3) is 5.88 Å². The molecule has 0 amide bonds. The number of carbonyl (C=O) groups is 1. The lowest BCUT2D eigenvalue weighted by Crippen LogP contribution is -2.11. The zero-order valence-corrected chi connectivity index (χ0v) is 12.7. The third-order valence-electron chi connectivity index (χ3n) is 4.06. The second-order valence-electron chi connectivity index (χ2n) is 5.29. The van der Waals surface area contributed by atoms with Crippen molar-refractivity contribution in [3.8, 4) is 11.6 Å². The quantitative estimate of drug-likeness (QED) is 0.847. The van der Waals surface area contributed by atoms with Crippen molar-refractivity contribution >= 4 is 17.1 Å². The van der Waals surface area contributed by atoms with Crippen LogP contribution < -0.4 is 9.47 Å². The normalized spacial score (nSPS) is 17.3. The highest BCUT2D eigenvalue weighted by atomic mass is 16.7. The Labute approximate surface area is 127 Å². The number of nitrogens with one attached hydrogen (secondary N) is 1. The van der Waals surface area contributed by atoms with E-state index in [4.69, 9.17) is 19.3 Å². The lowest BCUT2D eigenvalue weighted by molar-refractivity contribution is 0.0890. The molecule has 7 heteroatoms. The van der Waals surface area contributed by atoms with Gasteiger partial charge in [0.15, 0.2) is 5.75 Å². The van der Waals surface area contributed by atoms with Gasteiger partial charge in [-0.2, -0.15) is 0 Å². The summed E-state index contributed by atoms with van der Waals surface area (Å²) in [7, 11) is 3.15. The number of fused-ring (bicyclic) bond motifs is 3. The highest BCUT2D eigenvalue weighted by Crippen LogP contribution is 2.45. The second-order valence-corrected chi connectivity index (χ2v) is 5.29. The first-order chi connectivity index (χ1) is 10.6. The molecule has 1 atom stereocenters. The van der Waals surface area contributed by atoms with Gasteiger partial charge in [0.05, 0.1) is 29.8 Å². The highest BCUT2D eigenvalue weighted by molar-refractivity contribution is 5.94. The molecule has 2 N–H and O–H groups in total. The van der Waals surface area contributed by atoms with Crippen molar-refractivity contribution in [2.24, 2.45) is 0 Å². The van der Waals surface area contributed by atoms with Crippen LogP contribution in [-0.2, 0) is 11.2 Å².